The van der Waals surface area contributed by atoms with Gasteiger partial charge in [0.25, 0.3) is 15.9 Å². The van der Waals surface area contributed by atoms with Gasteiger partial charge in [0.05, 0.1) is 4.90 Å². The molecule has 1 aromatic heterocycles. The molecule has 2 aromatic carbocycles. The molecule has 0 unspecified atom stereocenters. The van der Waals surface area contributed by atoms with E-state index in [1.54, 1.807) is 54.3 Å². The minimum atomic E-state index is -3.66. The molecule has 0 aliphatic rings. The number of carbonyl (C=O) groups is 1. The number of benzene rings is 2. The number of nitrogens with one attached hydrogen (secondary N) is 2. The zero-order chi connectivity index (χ0) is 17.9. The summed E-state index contributed by atoms with van der Waals surface area (Å²) < 4.78 is 28.6. The fraction of sp³-hybridized carbons (Fsp3) is 0.0588. The molecule has 0 aliphatic carbocycles. The van der Waals surface area contributed by atoms with Crippen molar-refractivity contribution < 1.29 is 13.2 Å². The maximum absolute atomic E-state index is 12.3. The number of hydrogen-bond donors (Lipinski definition) is 2. The van der Waals surface area contributed by atoms with Gasteiger partial charge in [-0.25, -0.2) is 8.42 Å². The third-order valence-electron chi connectivity index (χ3n) is 3.41. The maximum atomic E-state index is 12.3. The quantitative estimate of drug-likeness (QED) is 0.734. The zero-order valence-corrected chi connectivity index (χ0v) is 14.2. The number of aryl methyl sites for hydroxylation is 1. The average molecular weight is 356 g/mol. The van der Waals surface area contributed by atoms with Crippen LogP contribution in [-0.4, -0.2) is 24.1 Å². The number of anilines is 2. The van der Waals surface area contributed by atoms with E-state index in [4.69, 9.17) is 0 Å². The van der Waals surface area contributed by atoms with Crippen LogP contribution in [0.4, 0.5) is 11.5 Å². The molecule has 0 aliphatic heterocycles. The Morgan fingerprint density at radius 1 is 1.00 bits per heavy atom. The first-order chi connectivity index (χ1) is 11.9. The molecule has 0 radical (unpaired) electrons. The minimum absolute atomic E-state index is 0.173. The summed E-state index contributed by atoms with van der Waals surface area (Å²) >= 11 is 0. The first-order valence-electron chi connectivity index (χ1n) is 7.43. The van der Waals surface area contributed by atoms with Crippen LogP contribution in [0.15, 0.2) is 71.8 Å². The Bertz CT molecular complexity index is 980. The van der Waals surface area contributed by atoms with Crippen molar-refractivity contribution in [1.29, 1.82) is 0 Å². The van der Waals surface area contributed by atoms with E-state index in [1.165, 1.54) is 24.3 Å². The van der Waals surface area contributed by atoms with Crippen molar-refractivity contribution in [3.63, 3.8) is 0 Å². The lowest BCUT2D eigenvalue weighted by atomic mass is 10.2. The lowest BCUT2D eigenvalue weighted by molar-refractivity contribution is 0.102. The van der Waals surface area contributed by atoms with Gasteiger partial charge in [-0.2, -0.15) is 5.10 Å². The van der Waals surface area contributed by atoms with E-state index in [1.807, 2.05) is 0 Å². The Morgan fingerprint density at radius 3 is 2.28 bits per heavy atom. The van der Waals surface area contributed by atoms with Crippen LogP contribution in [-0.2, 0) is 17.1 Å². The summed E-state index contributed by atoms with van der Waals surface area (Å²) in [5.74, 6) is 0.123. The molecule has 0 spiro atoms. The number of nitrogens with zero attached hydrogens (tertiary/aromatic N) is 2. The van der Waals surface area contributed by atoms with Crippen LogP contribution in [0, 0.1) is 0 Å². The second-order valence-electron chi connectivity index (χ2n) is 5.32. The molecule has 1 amide bonds. The Hall–Kier alpha value is -3.13. The monoisotopic (exact) mass is 356 g/mol. The van der Waals surface area contributed by atoms with E-state index in [0.29, 0.717) is 17.1 Å². The van der Waals surface area contributed by atoms with Crippen LogP contribution in [0.5, 0.6) is 0 Å². The molecule has 3 rings (SSSR count). The van der Waals surface area contributed by atoms with E-state index >= 15 is 0 Å². The number of aromatic nitrogens is 2. The molecule has 7 nitrogen and oxygen atoms in total. The topological polar surface area (TPSA) is 93.1 Å². The van der Waals surface area contributed by atoms with Crippen molar-refractivity contribution in [2.75, 3.05) is 10.0 Å². The van der Waals surface area contributed by atoms with E-state index in [2.05, 4.69) is 15.1 Å². The Morgan fingerprint density at radius 2 is 1.68 bits per heavy atom. The van der Waals surface area contributed by atoms with Crippen molar-refractivity contribution in [1.82, 2.24) is 9.78 Å². The highest BCUT2D eigenvalue weighted by atomic mass is 32.2. The number of hydrogen-bond acceptors (Lipinski definition) is 4. The summed E-state index contributed by atoms with van der Waals surface area (Å²) in [6.45, 7) is 0. The van der Waals surface area contributed by atoms with E-state index in [0.717, 1.165) is 0 Å². The van der Waals surface area contributed by atoms with Crippen molar-refractivity contribution in [3.05, 3.63) is 72.4 Å². The molecule has 8 heteroatoms. The van der Waals surface area contributed by atoms with Gasteiger partial charge < -0.3 is 5.32 Å². The van der Waals surface area contributed by atoms with Gasteiger partial charge in [0.1, 0.15) is 0 Å². The molecule has 0 saturated carbocycles. The van der Waals surface area contributed by atoms with Crippen LogP contribution in [0.2, 0.25) is 0 Å². The highest BCUT2D eigenvalue weighted by molar-refractivity contribution is 7.92. The molecule has 0 saturated heterocycles. The third kappa shape index (κ3) is 4.04. The lowest BCUT2D eigenvalue weighted by Crippen LogP contribution is -2.14. The van der Waals surface area contributed by atoms with E-state index < -0.39 is 10.0 Å². The van der Waals surface area contributed by atoms with Crippen molar-refractivity contribution in [2.24, 2.45) is 7.05 Å². The molecule has 0 atom stereocenters. The van der Waals surface area contributed by atoms with Crippen LogP contribution in [0.3, 0.4) is 0 Å². The van der Waals surface area contributed by atoms with Crippen molar-refractivity contribution >= 4 is 27.4 Å². The number of carbonyl (C=O) groups excluding carboxylic acids is 1. The van der Waals surface area contributed by atoms with Crippen LogP contribution in [0.25, 0.3) is 0 Å². The van der Waals surface area contributed by atoms with Gasteiger partial charge in [-0.3, -0.25) is 14.2 Å². The predicted octanol–water partition coefficient (Wildman–Crippen LogP) is 2.47. The number of rotatable bonds is 5. The summed E-state index contributed by atoms with van der Waals surface area (Å²) in [4.78, 5) is 12.3. The summed E-state index contributed by atoms with van der Waals surface area (Å²) in [7, 11) is -1.90. The minimum Gasteiger partial charge on any atom is -0.305 e. The van der Waals surface area contributed by atoms with E-state index in [-0.39, 0.29) is 10.8 Å². The zero-order valence-electron chi connectivity index (χ0n) is 13.4. The van der Waals surface area contributed by atoms with E-state index in [9.17, 15) is 13.2 Å². The molecule has 25 heavy (non-hydrogen) atoms. The van der Waals surface area contributed by atoms with Crippen molar-refractivity contribution in [2.45, 2.75) is 4.90 Å². The fourth-order valence-electron chi connectivity index (χ4n) is 2.17. The summed E-state index contributed by atoms with van der Waals surface area (Å²) in [6.07, 6.45) is 1.72. The molecule has 1 heterocycles. The Labute approximate surface area is 145 Å². The van der Waals surface area contributed by atoms with Crippen LogP contribution >= 0.6 is 0 Å². The van der Waals surface area contributed by atoms with Gasteiger partial charge in [0.2, 0.25) is 0 Å². The largest absolute Gasteiger partial charge is 0.305 e. The standard InChI is InChI=1S/C17H16N4O3S/c1-21-12-11-16(19-21)18-17(22)13-7-9-14(10-8-13)20-25(23,24)15-5-3-2-4-6-15/h2-12,20H,1H3,(H,18,19,22). The smallest absolute Gasteiger partial charge is 0.261 e. The predicted molar refractivity (Wildman–Crippen MR) is 94.9 cm³/mol. The Kier molecular flexibility index (Phi) is 4.53. The van der Waals surface area contributed by atoms with Gasteiger partial charge in [-0.15, -0.1) is 0 Å². The highest BCUT2D eigenvalue weighted by Crippen LogP contribution is 2.17. The summed E-state index contributed by atoms with van der Waals surface area (Å²) in [5, 5.41) is 6.73. The number of amides is 1. The summed E-state index contributed by atoms with van der Waals surface area (Å²) in [5.41, 5.74) is 0.770. The average Bonchev–Trinajstić information content (AvgIpc) is 3.01. The SMILES string of the molecule is Cn1ccc(NC(=O)c2ccc(NS(=O)(=O)c3ccccc3)cc2)n1. The van der Waals surface area contributed by atoms with Gasteiger partial charge in [-0.05, 0) is 36.4 Å². The van der Waals surface area contributed by atoms with Crippen LogP contribution in [0.1, 0.15) is 10.4 Å². The second kappa shape index (κ2) is 6.78. The van der Waals surface area contributed by atoms with Crippen molar-refractivity contribution in [3.8, 4) is 0 Å². The highest BCUT2D eigenvalue weighted by Gasteiger charge is 2.14. The molecule has 128 valence electrons. The third-order valence-corrected chi connectivity index (χ3v) is 4.81. The first-order valence-corrected chi connectivity index (χ1v) is 8.91. The molecule has 2 N–H and O–H groups in total. The second-order valence-corrected chi connectivity index (χ2v) is 7.01. The van der Waals surface area contributed by atoms with Gasteiger partial charge >= 0.3 is 0 Å². The normalized spacial score (nSPS) is 11.1. The molecular weight excluding hydrogens is 340 g/mol. The van der Waals surface area contributed by atoms with Gasteiger partial charge in [0.15, 0.2) is 5.82 Å². The maximum Gasteiger partial charge on any atom is 0.261 e. The molecular formula is C17H16N4O3S. The Balaban J connectivity index is 1.71. The lowest BCUT2D eigenvalue weighted by Gasteiger charge is -2.08. The molecule has 0 bridgehead atoms. The first kappa shape index (κ1) is 16.7. The van der Waals surface area contributed by atoms with Crippen LogP contribution < -0.4 is 10.0 Å². The van der Waals surface area contributed by atoms with Gasteiger partial charge in [-0.1, -0.05) is 18.2 Å². The number of sulfonamides is 1. The van der Waals surface area contributed by atoms with Gasteiger partial charge in [0, 0.05) is 30.6 Å². The molecule has 3 aromatic rings. The fourth-order valence-corrected chi connectivity index (χ4v) is 3.25. The summed E-state index contributed by atoms with van der Waals surface area (Å²) in [6, 6.07) is 15.9. The molecule has 0 fully saturated rings.